The van der Waals surface area contributed by atoms with Gasteiger partial charge in [-0.15, -0.1) is 0 Å². The van der Waals surface area contributed by atoms with Crippen LogP contribution in [0.15, 0.2) is 18.2 Å². The van der Waals surface area contributed by atoms with Crippen LogP contribution in [0.4, 0.5) is 8.78 Å². The zero-order chi connectivity index (χ0) is 16.8. The number of hydrogen-bond acceptors (Lipinski definition) is 4. The fraction of sp³-hybridized carbons (Fsp3) is 0.562. The molecule has 1 aromatic rings. The van der Waals surface area contributed by atoms with Gasteiger partial charge in [-0.25, -0.2) is 18.6 Å². The van der Waals surface area contributed by atoms with E-state index in [9.17, 15) is 13.6 Å². The van der Waals surface area contributed by atoms with Crippen LogP contribution >= 0.6 is 0 Å². The van der Waals surface area contributed by atoms with E-state index < -0.39 is 17.2 Å². The van der Waals surface area contributed by atoms with Crippen LogP contribution in [0, 0.1) is 18.6 Å². The lowest BCUT2D eigenvalue weighted by molar-refractivity contribution is -0.158. The lowest BCUT2D eigenvalue weighted by Crippen LogP contribution is -2.60. The third kappa shape index (κ3) is 4.01. The molecule has 1 aliphatic heterocycles. The van der Waals surface area contributed by atoms with E-state index in [2.05, 4.69) is 0 Å². The number of piperidine rings is 1. The minimum absolute atomic E-state index is 0.197. The monoisotopic (exact) mass is 314 g/mol. The quantitative estimate of drug-likeness (QED) is 0.673. The van der Waals surface area contributed by atoms with Gasteiger partial charge in [0.2, 0.25) is 0 Å². The molecule has 124 valence electrons. The van der Waals surface area contributed by atoms with Crippen molar-refractivity contribution < 1.29 is 18.3 Å². The van der Waals surface area contributed by atoms with Gasteiger partial charge in [-0.05, 0) is 44.2 Å². The summed E-state index contributed by atoms with van der Waals surface area (Å²) < 4.78 is 29.4. The highest BCUT2D eigenvalue weighted by molar-refractivity contribution is 5.80. The average molecular weight is 314 g/mol. The summed E-state index contributed by atoms with van der Waals surface area (Å²) in [4.78, 5) is 11.6. The van der Waals surface area contributed by atoms with Crippen molar-refractivity contribution in [3.8, 4) is 0 Å². The maximum Gasteiger partial charge on any atom is 0.327 e. The Labute approximate surface area is 130 Å². The normalized spacial score (nSPS) is 21.7. The Morgan fingerprint density at radius 1 is 1.41 bits per heavy atom. The molecule has 1 aliphatic rings. The van der Waals surface area contributed by atoms with Crippen LogP contribution in [-0.2, 0) is 9.53 Å². The van der Waals surface area contributed by atoms with Crippen molar-refractivity contribution in [2.45, 2.75) is 45.1 Å². The van der Waals surface area contributed by atoms with Gasteiger partial charge in [0.15, 0.2) is 11.6 Å². The van der Waals surface area contributed by atoms with Gasteiger partial charge in [0, 0.05) is 6.54 Å². The van der Waals surface area contributed by atoms with Crippen molar-refractivity contribution in [3.63, 3.8) is 0 Å². The Morgan fingerprint density at radius 2 is 2.09 bits per heavy atom. The zero-order valence-corrected chi connectivity index (χ0v) is 13.4. The number of halogens is 2. The molecule has 1 atom stereocenters. The van der Waals surface area contributed by atoms with Crippen LogP contribution in [0.25, 0.3) is 0 Å². The second kappa shape index (κ2) is 8.19. The molecule has 0 saturated carbocycles. The van der Waals surface area contributed by atoms with Crippen LogP contribution in [0.1, 0.15) is 38.2 Å². The Bertz CT molecular complexity index is 491. The summed E-state index contributed by atoms with van der Waals surface area (Å²) in [7, 11) is 1.42. The molecule has 1 unspecified atom stereocenters. The van der Waals surface area contributed by atoms with E-state index in [1.807, 2.05) is 6.92 Å². The molecule has 0 spiro atoms. The van der Waals surface area contributed by atoms with Crippen molar-refractivity contribution >= 4 is 5.97 Å². The van der Waals surface area contributed by atoms with Crippen LogP contribution in [0.2, 0.25) is 0 Å². The van der Waals surface area contributed by atoms with E-state index in [4.69, 9.17) is 10.6 Å². The van der Waals surface area contributed by atoms with Gasteiger partial charge >= 0.3 is 5.97 Å². The van der Waals surface area contributed by atoms with E-state index in [0.717, 1.165) is 38.3 Å². The van der Waals surface area contributed by atoms with E-state index >= 15 is 0 Å². The predicted molar refractivity (Wildman–Crippen MR) is 80.9 cm³/mol. The zero-order valence-electron chi connectivity index (χ0n) is 13.4. The summed E-state index contributed by atoms with van der Waals surface area (Å²) >= 11 is 0. The van der Waals surface area contributed by atoms with Crippen molar-refractivity contribution in [1.82, 2.24) is 5.01 Å². The molecular formula is C16H24F2N2O2. The summed E-state index contributed by atoms with van der Waals surface area (Å²) in [5.41, 5.74) is -0.220. The maximum atomic E-state index is 12.4. The lowest BCUT2D eigenvalue weighted by Gasteiger charge is -2.41. The average Bonchev–Trinajstić information content (AvgIpc) is 2.53. The number of nitrogens with two attached hydrogens (primary N) is 1. The Balaban J connectivity index is 0.000000235. The number of esters is 1. The van der Waals surface area contributed by atoms with Crippen LogP contribution < -0.4 is 5.84 Å². The molecule has 0 aliphatic carbocycles. The minimum Gasteiger partial charge on any atom is -0.468 e. The predicted octanol–water partition coefficient (Wildman–Crippen LogP) is 2.94. The molecule has 0 bridgehead atoms. The highest BCUT2D eigenvalue weighted by Gasteiger charge is 2.43. The summed E-state index contributed by atoms with van der Waals surface area (Å²) in [5.74, 6) is 4.10. The first kappa shape index (κ1) is 18.5. The maximum absolute atomic E-state index is 12.4. The van der Waals surface area contributed by atoms with Gasteiger partial charge in [-0.1, -0.05) is 19.1 Å². The van der Waals surface area contributed by atoms with E-state index in [0.29, 0.717) is 5.56 Å². The fourth-order valence-corrected chi connectivity index (χ4v) is 2.60. The highest BCUT2D eigenvalue weighted by Crippen LogP contribution is 2.29. The molecule has 2 N–H and O–H groups in total. The van der Waals surface area contributed by atoms with Gasteiger partial charge in [0.05, 0.1) is 7.11 Å². The Kier molecular flexibility index (Phi) is 6.90. The molecule has 1 saturated heterocycles. The third-order valence-electron chi connectivity index (χ3n) is 4.08. The number of aryl methyl sites for hydroxylation is 1. The number of hydrazine groups is 1. The van der Waals surface area contributed by atoms with Gasteiger partial charge < -0.3 is 4.74 Å². The largest absolute Gasteiger partial charge is 0.468 e. The third-order valence-corrected chi connectivity index (χ3v) is 4.08. The number of benzene rings is 1. The van der Waals surface area contributed by atoms with Crippen LogP contribution in [0.3, 0.4) is 0 Å². The van der Waals surface area contributed by atoms with E-state index in [1.54, 1.807) is 5.01 Å². The molecular weight excluding hydrogens is 290 g/mol. The van der Waals surface area contributed by atoms with Gasteiger partial charge in [0.25, 0.3) is 0 Å². The number of hydrogen-bond donors (Lipinski definition) is 1. The first-order valence-electron chi connectivity index (χ1n) is 7.40. The molecule has 0 radical (unpaired) electrons. The number of ether oxygens (including phenoxy) is 1. The molecule has 1 fully saturated rings. The molecule has 0 amide bonds. The van der Waals surface area contributed by atoms with E-state index in [1.165, 1.54) is 26.2 Å². The number of methoxy groups -OCH3 is 1. The second-order valence-corrected chi connectivity index (χ2v) is 5.40. The standard InChI is InChI=1S/C9H18N2O2.C7H6F2/c1-3-9(8(12)13-2)6-4-5-7-11(9)10;1-5-3-2-4-6(8)7(5)9/h3-7,10H2,1-2H3;2-4H,1H3. The minimum atomic E-state index is -0.782. The fourth-order valence-electron chi connectivity index (χ4n) is 2.60. The highest BCUT2D eigenvalue weighted by atomic mass is 19.2. The van der Waals surface area contributed by atoms with Crippen LogP contribution in [0.5, 0.6) is 0 Å². The van der Waals surface area contributed by atoms with Gasteiger partial charge in [-0.3, -0.25) is 5.84 Å². The first-order chi connectivity index (χ1) is 10.4. The van der Waals surface area contributed by atoms with Crippen molar-refractivity contribution in [1.29, 1.82) is 0 Å². The van der Waals surface area contributed by atoms with Crippen molar-refractivity contribution in [3.05, 3.63) is 35.4 Å². The van der Waals surface area contributed by atoms with Gasteiger partial charge in [0.1, 0.15) is 5.54 Å². The molecule has 0 aromatic heterocycles. The van der Waals surface area contributed by atoms with Crippen molar-refractivity contribution in [2.75, 3.05) is 13.7 Å². The summed E-state index contributed by atoms with van der Waals surface area (Å²) in [6.07, 6.45) is 3.65. The number of carbonyl (C=O) groups is 1. The van der Waals surface area contributed by atoms with Crippen LogP contribution in [-0.4, -0.2) is 30.2 Å². The molecule has 1 aromatic carbocycles. The summed E-state index contributed by atoms with van der Waals surface area (Å²) in [5, 5.41) is 1.64. The molecule has 6 heteroatoms. The lowest BCUT2D eigenvalue weighted by atomic mass is 9.86. The molecule has 1 heterocycles. The summed E-state index contributed by atoms with van der Waals surface area (Å²) in [6.45, 7) is 4.28. The van der Waals surface area contributed by atoms with Gasteiger partial charge in [-0.2, -0.15) is 0 Å². The number of carbonyl (C=O) groups excluding carboxylic acids is 1. The SMILES string of the molecule is CCC1(C(=O)OC)CCCCN1N.Cc1cccc(F)c1F. The molecule has 4 nitrogen and oxygen atoms in total. The van der Waals surface area contributed by atoms with Crippen molar-refractivity contribution in [2.24, 2.45) is 5.84 Å². The first-order valence-corrected chi connectivity index (χ1v) is 7.40. The number of nitrogens with zero attached hydrogens (tertiary/aromatic N) is 1. The molecule has 22 heavy (non-hydrogen) atoms. The summed E-state index contributed by atoms with van der Waals surface area (Å²) in [6, 6.07) is 4.11. The smallest absolute Gasteiger partial charge is 0.327 e. The second-order valence-electron chi connectivity index (χ2n) is 5.40. The van der Waals surface area contributed by atoms with E-state index in [-0.39, 0.29) is 5.97 Å². The number of rotatable bonds is 2. The Morgan fingerprint density at radius 3 is 2.55 bits per heavy atom. The molecule has 2 rings (SSSR count). The topological polar surface area (TPSA) is 55.6 Å². The Hall–Kier alpha value is -1.53.